The van der Waals surface area contributed by atoms with E-state index in [0.29, 0.717) is 19.1 Å². The summed E-state index contributed by atoms with van der Waals surface area (Å²) in [5, 5.41) is 2.76. The average molecular weight is 579 g/mol. The minimum Gasteiger partial charge on any atom is -0.454 e. The molecule has 12 heteroatoms. The molecule has 0 radical (unpaired) electrons. The van der Waals surface area contributed by atoms with Crippen molar-refractivity contribution in [1.29, 1.82) is 0 Å². The number of rotatable bonds is 8. The molecule has 0 unspecified atom stereocenters. The molecule has 3 N–H and O–H groups in total. The smallest absolute Gasteiger partial charge is 0.323 e. The summed E-state index contributed by atoms with van der Waals surface area (Å²) >= 11 is 0. The number of likely N-dealkylation sites (tertiary alicyclic amines) is 1. The Morgan fingerprint density at radius 3 is 2.26 bits per heavy atom. The highest BCUT2D eigenvalue weighted by Gasteiger charge is 2.57. The molecule has 1 aromatic heterocycles. The summed E-state index contributed by atoms with van der Waals surface area (Å²) < 4.78 is 34.7. The van der Waals surface area contributed by atoms with E-state index in [1.807, 2.05) is 14.1 Å². The molecule has 5 rings (SSSR count). The number of ether oxygens (including phenoxy) is 1. The van der Waals surface area contributed by atoms with Crippen LogP contribution in [-0.4, -0.2) is 65.9 Å². The van der Waals surface area contributed by atoms with Crippen LogP contribution >= 0.6 is 0 Å². The number of pyridine rings is 1. The van der Waals surface area contributed by atoms with Gasteiger partial charge in [0.05, 0.1) is 5.69 Å². The van der Waals surface area contributed by atoms with Crippen molar-refractivity contribution in [3.63, 3.8) is 0 Å². The lowest BCUT2D eigenvalue weighted by atomic mass is 10.0. The lowest BCUT2D eigenvalue weighted by molar-refractivity contribution is -0.133. The van der Waals surface area contributed by atoms with E-state index in [0.717, 1.165) is 23.8 Å². The predicted molar refractivity (Wildman–Crippen MR) is 152 cm³/mol. The molecule has 2 aromatic carbocycles. The largest absolute Gasteiger partial charge is 0.454 e. The maximum absolute atomic E-state index is 15.3. The number of hydrogen-bond acceptors (Lipinski definition) is 6. The summed E-state index contributed by atoms with van der Waals surface area (Å²) in [6.07, 6.45) is 3.74. The first kappa shape index (κ1) is 28.9. The zero-order valence-electron chi connectivity index (χ0n) is 23.3. The van der Waals surface area contributed by atoms with E-state index in [9.17, 15) is 18.8 Å². The number of benzene rings is 2. The van der Waals surface area contributed by atoms with Crippen LogP contribution in [0.15, 0.2) is 60.8 Å². The maximum atomic E-state index is 15.3. The fourth-order valence-corrected chi connectivity index (χ4v) is 5.03. The summed E-state index contributed by atoms with van der Waals surface area (Å²) in [6.45, 7) is 1.25. The zero-order chi connectivity index (χ0) is 30.0. The van der Waals surface area contributed by atoms with Gasteiger partial charge >= 0.3 is 6.03 Å². The van der Waals surface area contributed by atoms with Gasteiger partial charge in [-0.05, 0) is 82.2 Å². The molecule has 3 aromatic rings. The van der Waals surface area contributed by atoms with Gasteiger partial charge in [0.1, 0.15) is 22.8 Å². The van der Waals surface area contributed by atoms with Gasteiger partial charge in [0.2, 0.25) is 11.8 Å². The molecule has 1 aliphatic carbocycles. The van der Waals surface area contributed by atoms with Gasteiger partial charge in [-0.3, -0.25) is 19.8 Å². The molecule has 220 valence electrons. The highest BCUT2D eigenvalue weighted by molar-refractivity contribution is 6.16. The number of halogens is 2. The van der Waals surface area contributed by atoms with Crippen molar-refractivity contribution < 1.29 is 27.9 Å². The van der Waals surface area contributed by atoms with Crippen LogP contribution in [0.25, 0.3) is 0 Å². The Morgan fingerprint density at radius 1 is 1.00 bits per heavy atom. The summed E-state index contributed by atoms with van der Waals surface area (Å²) in [7, 11) is 4.06. The van der Waals surface area contributed by atoms with Crippen LogP contribution in [0.2, 0.25) is 0 Å². The first-order valence-electron chi connectivity index (χ1n) is 13.6. The number of anilines is 3. The number of nitrogens with two attached hydrogens (primary N) is 1. The predicted octanol–water partition coefficient (Wildman–Crippen LogP) is 4.64. The monoisotopic (exact) mass is 578 g/mol. The number of carbonyl (C=O) groups excluding carboxylic acids is 3. The Bertz CT molecular complexity index is 1490. The molecule has 0 spiro atoms. The van der Waals surface area contributed by atoms with E-state index < -0.39 is 28.9 Å². The summed E-state index contributed by atoms with van der Waals surface area (Å²) in [6, 6.07) is 12.1. The molecular formula is C30H32F2N6O4. The van der Waals surface area contributed by atoms with Crippen molar-refractivity contribution in [2.24, 2.45) is 11.1 Å². The molecule has 2 fully saturated rings. The number of urea groups is 1. The molecule has 2 heterocycles. The lowest BCUT2D eigenvalue weighted by Crippen LogP contribution is -2.46. The second-order valence-corrected chi connectivity index (χ2v) is 10.8. The highest BCUT2D eigenvalue weighted by Crippen LogP contribution is 2.49. The van der Waals surface area contributed by atoms with Crippen LogP contribution < -0.4 is 20.7 Å². The minimum atomic E-state index is -1.39. The van der Waals surface area contributed by atoms with Gasteiger partial charge in [0.15, 0.2) is 11.6 Å². The Kier molecular flexibility index (Phi) is 8.08. The molecule has 2 aliphatic rings. The number of primary amides is 1. The fourth-order valence-electron chi connectivity index (χ4n) is 5.03. The third-order valence-electron chi connectivity index (χ3n) is 7.77. The number of aromatic nitrogens is 1. The van der Waals surface area contributed by atoms with Crippen LogP contribution in [0.1, 0.15) is 25.7 Å². The number of amides is 4. The third-order valence-corrected chi connectivity index (χ3v) is 7.77. The van der Waals surface area contributed by atoms with Crippen LogP contribution in [0.3, 0.4) is 0 Å². The Labute approximate surface area is 242 Å². The standard InChI is InChI=1S/C30H32F2N6O4/c1-36(2)20-10-15-37(16-11-20)29(41)35-26-18-23(9-14-34-26)42-25-8-7-22(17-24(25)32)38(21-5-3-19(31)4-6-21)28(40)30(12-13-30)27(33)39/h3-9,14,17-18,20H,10-13,15-16H2,1-2H3,(H2,33,39)(H,34,35,41). The van der Waals surface area contributed by atoms with Crippen molar-refractivity contribution >= 4 is 35.0 Å². The molecule has 10 nitrogen and oxygen atoms in total. The van der Waals surface area contributed by atoms with Crippen molar-refractivity contribution in [1.82, 2.24) is 14.8 Å². The lowest BCUT2D eigenvalue weighted by Gasteiger charge is -2.35. The summed E-state index contributed by atoms with van der Waals surface area (Å²) in [5.41, 5.74) is 4.50. The Morgan fingerprint density at radius 2 is 1.67 bits per heavy atom. The third kappa shape index (κ3) is 6.03. The van der Waals surface area contributed by atoms with E-state index in [-0.39, 0.29) is 47.6 Å². The van der Waals surface area contributed by atoms with Crippen LogP contribution in [-0.2, 0) is 9.59 Å². The van der Waals surface area contributed by atoms with E-state index in [2.05, 4.69) is 15.2 Å². The normalized spacial score (nSPS) is 16.2. The average Bonchev–Trinajstić information content (AvgIpc) is 3.78. The van der Waals surface area contributed by atoms with Gasteiger partial charge in [0.25, 0.3) is 0 Å². The molecule has 42 heavy (non-hydrogen) atoms. The van der Waals surface area contributed by atoms with Gasteiger partial charge < -0.3 is 20.3 Å². The SMILES string of the molecule is CN(C)C1CCN(C(=O)Nc2cc(Oc3ccc(N(C(=O)C4(C(N)=O)CC4)c4ccc(F)cc4)cc3F)ccn2)CC1. The molecule has 1 aliphatic heterocycles. The molecule has 1 saturated carbocycles. The van der Waals surface area contributed by atoms with E-state index in [4.69, 9.17) is 10.5 Å². The number of nitrogens with zero attached hydrogens (tertiary/aromatic N) is 4. The second-order valence-electron chi connectivity index (χ2n) is 10.8. The molecule has 0 atom stereocenters. The van der Waals surface area contributed by atoms with Gasteiger partial charge in [-0.25, -0.2) is 18.6 Å². The summed E-state index contributed by atoms with van der Waals surface area (Å²) in [5.74, 6) is -2.35. The molecule has 0 bridgehead atoms. The zero-order valence-corrected chi connectivity index (χ0v) is 23.3. The first-order chi connectivity index (χ1) is 20.1. The van der Waals surface area contributed by atoms with Gasteiger partial charge in [-0.15, -0.1) is 0 Å². The van der Waals surface area contributed by atoms with Crippen LogP contribution in [0.5, 0.6) is 11.5 Å². The molecule has 1 saturated heterocycles. The van der Waals surface area contributed by atoms with E-state index in [1.165, 1.54) is 54.7 Å². The number of carbonyl (C=O) groups is 3. The minimum absolute atomic E-state index is 0.115. The van der Waals surface area contributed by atoms with Gasteiger partial charge in [0, 0.05) is 43.1 Å². The van der Waals surface area contributed by atoms with Crippen LogP contribution in [0, 0.1) is 17.0 Å². The van der Waals surface area contributed by atoms with Crippen molar-refractivity contribution in [2.45, 2.75) is 31.7 Å². The van der Waals surface area contributed by atoms with Gasteiger partial charge in [-0.1, -0.05) is 0 Å². The van der Waals surface area contributed by atoms with Crippen molar-refractivity contribution in [3.05, 3.63) is 72.4 Å². The highest BCUT2D eigenvalue weighted by atomic mass is 19.1. The number of nitrogens with one attached hydrogen (secondary N) is 1. The Hall–Kier alpha value is -4.58. The van der Waals surface area contributed by atoms with E-state index in [1.54, 1.807) is 4.90 Å². The number of piperidine rings is 1. The Balaban J connectivity index is 1.31. The quantitative estimate of drug-likeness (QED) is 0.376. The topological polar surface area (TPSA) is 121 Å². The maximum Gasteiger partial charge on any atom is 0.323 e. The second kappa shape index (κ2) is 11.7. The number of hydrogen-bond donors (Lipinski definition) is 2. The van der Waals surface area contributed by atoms with Crippen LogP contribution in [0.4, 0.5) is 30.8 Å². The van der Waals surface area contributed by atoms with E-state index >= 15 is 4.39 Å². The van der Waals surface area contributed by atoms with Crippen molar-refractivity contribution in [2.75, 3.05) is 37.4 Å². The first-order valence-corrected chi connectivity index (χ1v) is 13.6. The fraction of sp³-hybridized carbons (Fsp3) is 0.333. The van der Waals surface area contributed by atoms with Gasteiger partial charge in [-0.2, -0.15) is 0 Å². The molecule has 4 amide bonds. The summed E-state index contributed by atoms with van der Waals surface area (Å²) in [4.78, 5) is 47.5. The van der Waals surface area contributed by atoms with Crippen molar-refractivity contribution in [3.8, 4) is 11.5 Å². The molecular weight excluding hydrogens is 546 g/mol.